The van der Waals surface area contributed by atoms with Crippen molar-refractivity contribution in [1.82, 2.24) is 15.3 Å². The molecule has 0 unspecified atom stereocenters. The number of nitrogens with zero attached hydrogens (tertiary/aromatic N) is 4. The molecule has 2 N–H and O–H groups in total. The van der Waals surface area contributed by atoms with Gasteiger partial charge < -0.3 is 15.5 Å². The first-order valence-corrected chi connectivity index (χ1v) is 10.8. The molecule has 162 valence electrons. The molecule has 32 heavy (non-hydrogen) atoms. The second-order valence-corrected chi connectivity index (χ2v) is 7.83. The molecule has 0 atom stereocenters. The van der Waals surface area contributed by atoms with Crippen LogP contribution in [0.25, 0.3) is 0 Å². The number of nitrogens with one attached hydrogen (secondary N) is 2. The standard InChI is InChI=1S/C24H24N6O2/c31-23(28-20-16-26-10-8-21(20)29-14-11-25-12-15-29)19-6-3-7-22(27-19)30-13-9-17-4-1-2-5-18(17)24(30)32/h1-8,10,16,25H,9,11-15H2,(H,28,31). The summed E-state index contributed by atoms with van der Waals surface area (Å²) in [6.45, 7) is 4.04. The van der Waals surface area contributed by atoms with Crippen LogP contribution in [0.4, 0.5) is 17.2 Å². The van der Waals surface area contributed by atoms with Crippen molar-refractivity contribution in [1.29, 1.82) is 0 Å². The Balaban J connectivity index is 1.37. The van der Waals surface area contributed by atoms with Crippen molar-refractivity contribution in [2.24, 2.45) is 0 Å². The fourth-order valence-corrected chi connectivity index (χ4v) is 4.20. The van der Waals surface area contributed by atoms with Gasteiger partial charge in [0.1, 0.15) is 11.5 Å². The van der Waals surface area contributed by atoms with Crippen LogP contribution < -0.4 is 20.4 Å². The van der Waals surface area contributed by atoms with Crippen molar-refractivity contribution in [2.75, 3.05) is 47.8 Å². The molecule has 3 aromatic rings. The van der Waals surface area contributed by atoms with Gasteiger partial charge in [-0.25, -0.2) is 4.98 Å². The number of piperazine rings is 1. The maximum absolute atomic E-state index is 13.0. The fourth-order valence-electron chi connectivity index (χ4n) is 4.20. The van der Waals surface area contributed by atoms with Gasteiger partial charge in [0.25, 0.3) is 11.8 Å². The summed E-state index contributed by atoms with van der Waals surface area (Å²) in [5.41, 5.74) is 3.57. The maximum Gasteiger partial charge on any atom is 0.274 e. The second kappa shape index (κ2) is 8.76. The molecular formula is C24H24N6O2. The Morgan fingerprint density at radius 3 is 2.72 bits per heavy atom. The van der Waals surface area contributed by atoms with Gasteiger partial charge in [0.05, 0.1) is 17.6 Å². The highest BCUT2D eigenvalue weighted by molar-refractivity contribution is 6.08. The van der Waals surface area contributed by atoms with Gasteiger partial charge in [0, 0.05) is 44.5 Å². The summed E-state index contributed by atoms with van der Waals surface area (Å²) in [6.07, 6.45) is 4.14. The number of carbonyl (C=O) groups is 2. The third-order valence-electron chi connectivity index (χ3n) is 5.85. The lowest BCUT2D eigenvalue weighted by atomic mass is 9.99. The molecule has 0 aliphatic carbocycles. The predicted molar refractivity (Wildman–Crippen MR) is 123 cm³/mol. The van der Waals surface area contributed by atoms with Crippen LogP contribution in [0, 0.1) is 0 Å². The molecule has 0 saturated carbocycles. The van der Waals surface area contributed by atoms with Crippen LogP contribution >= 0.6 is 0 Å². The highest BCUT2D eigenvalue weighted by Crippen LogP contribution is 2.26. The van der Waals surface area contributed by atoms with Crippen LogP contribution in [0.1, 0.15) is 26.4 Å². The molecule has 1 aromatic carbocycles. The summed E-state index contributed by atoms with van der Waals surface area (Å²) >= 11 is 0. The first-order valence-electron chi connectivity index (χ1n) is 10.8. The lowest BCUT2D eigenvalue weighted by molar-refractivity contribution is 0.0976. The zero-order valence-corrected chi connectivity index (χ0v) is 17.6. The molecule has 0 spiro atoms. The summed E-state index contributed by atoms with van der Waals surface area (Å²) in [5, 5.41) is 6.28. The third kappa shape index (κ3) is 3.92. The number of aromatic nitrogens is 2. The van der Waals surface area contributed by atoms with Gasteiger partial charge in [-0.2, -0.15) is 0 Å². The first-order chi connectivity index (χ1) is 15.7. The Morgan fingerprint density at radius 1 is 1.00 bits per heavy atom. The topological polar surface area (TPSA) is 90.5 Å². The summed E-state index contributed by atoms with van der Waals surface area (Å²) in [5.74, 6) is 0.0527. The summed E-state index contributed by atoms with van der Waals surface area (Å²) in [6, 6.07) is 14.7. The van der Waals surface area contributed by atoms with Crippen molar-refractivity contribution in [3.63, 3.8) is 0 Å². The molecule has 2 aliphatic rings. The first kappa shape index (κ1) is 20.1. The Morgan fingerprint density at radius 2 is 1.84 bits per heavy atom. The highest BCUT2D eigenvalue weighted by atomic mass is 16.2. The quantitative estimate of drug-likeness (QED) is 0.663. The number of benzene rings is 1. The highest BCUT2D eigenvalue weighted by Gasteiger charge is 2.26. The van der Waals surface area contributed by atoms with E-state index in [2.05, 4.69) is 25.5 Å². The van der Waals surface area contributed by atoms with Crippen LogP contribution in [0.5, 0.6) is 0 Å². The van der Waals surface area contributed by atoms with Crippen molar-refractivity contribution in [3.05, 3.63) is 77.7 Å². The van der Waals surface area contributed by atoms with E-state index in [4.69, 9.17) is 0 Å². The van der Waals surface area contributed by atoms with Crippen molar-refractivity contribution < 1.29 is 9.59 Å². The van der Waals surface area contributed by atoms with Gasteiger partial charge in [0.2, 0.25) is 0 Å². The number of fused-ring (bicyclic) bond motifs is 1. The molecule has 1 fully saturated rings. The molecule has 2 aromatic heterocycles. The van der Waals surface area contributed by atoms with Gasteiger partial charge in [-0.1, -0.05) is 24.3 Å². The largest absolute Gasteiger partial charge is 0.367 e. The number of anilines is 3. The summed E-state index contributed by atoms with van der Waals surface area (Å²) in [7, 11) is 0. The SMILES string of the molecule is O=C(Nc1cnccc1N1CCNCC1)c1cccc(N2CCc3ccccc3C2=O)n1. The number of rotatable bonds is 4. The smallest absolute Gasteiger partial charge is 0.274 e. The van der Waals surface area contributed by atoms with Gasteiger partial charge in [-0.15, -0.1) is 0 Å². The molecule has 1 saturated heterocycles. The van der Waals surface area contributed by atoms with Gasteiger partial charge in [-0.05, 0) is 36.2 Å². The van der Waals surface area contributed by atoms with E-state index in [9.17, 15) is 9.59 Å². The lowest BCUT2D eigenvalue weighted by Crippen LogP contribution is -2.43. The van der Waals surface area contributed by atoms with Crippen LogP contribution in [0.15, 0.2) is 60.9 Å². The molecule has 0 bridgehead atoms. The van der Waals surface area contributed by atoms with Gasteiger partial charge >= 0.3 is 0 Å². The molecular weight excluding hydrogens is 404 g/mol. The van der Waals surface area contributed by atoms with E-state index < -0.39 is 0 Å². The minimum atomic E-state index is -0.332. The number of carbonyl (C=O) groups excluding carboxylic acids is 2. The van der Waals surface area contributed by atoms with Crippen molar-refractivity contribution in [2.45, 2.75) is 6.42 Å². The Labute approximate surface area is 186 Å². The molecule has 0 radical (unpaired) electrons. The zero-order valence-electron chi connectivity index (χ0n) is 17.6. The van der Waals surface area contributed by atoms with Crippen molar-refractivity contribution >= 4 is 29.0 Å². The van der Waals surface area contributed by atoms with Gasteiger partial charge in [-0.3, -0.25) is 19.5 Å². The number of hydrogen-bond donors (Lipinski definition) is 2. The van der Waals surface area contributed by atoms with E-state index in [1.807, 2.05) is 30.3 Å². The average Bonchev–Trinajstić information content (AvgIpc) is 2.85. The lowest BCUT2D eigenvalue weighted by Gasteiger charge is -2.30. The predicted octanol–water partition coefficient (Wildman–Crippen LogP) is 2.34. The normalized spacial score (nSPS) is 15.9. The van der Waals surface area contributed by atoms with E-state index >= 15 is 0 Å². The summed E-state index contributed by atoms with van der Waals surface area (Å²) in [4.78, 5) is 38.5. The van der Waals surface area contributed by atoms with Crippen LogP contribution in [-0.2, 0) is 6.42 Å². The van der Waals surface area contributed by atoms with E-state index in [-0.39, 0.29) is 17.5 Å². The average molecular weight is 428 g/mol. The number of pyridine rings is 2. The Hall–Kier alpha value is -3.78. The molecule has 2 amide bonds. The maximum atomic E-state index is 13.0. The van der Waals surface area contributed by atoms with E-state index in [0.29, 0.717) is 23.6 Å². The Kier molecular flexibility index (Phi) is 5.51. The second-order valence-electron chi connectivity index (χ2n) is 7.83. The molecule has 4 heterocycles. The van der Waals surface area contributed by atoms with Crippen molar-refractivity contribution in [3.8, 4) is 0 Å². The van der Waals surface area contributed by atoms with E-state index in [1.165, 1.54) is 0 Å². The van der Waals surface area contributed by atoms with E-state index in [1.54, 1.807) is 35.5 Å². The molecule has 2 aliphatic heterocycles. The van der Waals surface area contributed by atoms with Gasteiger partial charge in [0.15, 0.2) is 0 Å². The molecule has 5 rings (SSSR count). The van der Waals surface area contributed by atoms with Crippen LogP contribution in [0.3, 0.4) is 0 Å². The minimum Gasteiger partial charge on any atom is -0.367 e. The fraction of sp³-hybridized carbons (Fsp3) is 0.250. The number of amides is 2. The molecule has 8 nitrogen and oxygen atoms in total. The van der Waals surface area contributed by atoms with Crippen LogP contribution in [0.2, 0.25) is 0 Å². The van der Waals surface area contributed by atoms with E-state index in [0.717, 1.165) is 43.9 Å². The monoisotopic (exact) mass is 428 g/mol. The third-order valence-corrected chi connectivity index (χ3v) is 5.85. The Bertz CT molecular complexity index is 1160. The summed E-state index contributed by atoms with van der Waals surface area (Å²) < 4.78 is 0. The number of hydrogen-bond acceptors (Lipinski definition) is 6. The van der Waals surface area contributed by atoms with Crippen LogP contribution in [-0.4, -0.2) is 54.5 Å². The minimum absolute atomic E-state index is 0.0924. The zero-order chi connectivity index (χ0) is 21.9. The molecule has 8 heteroatoms.